The Hall–Kier alpha value is 1.23. The summed E-state index contributed by atoms with van der Waals surface area (Å²) in [6, 6.07) is 0. The molecule has 0 aromatic carbocycles. The van der Waals surface area contributed by atoms with E-state index >= 15 is 0 Å². The number of hydrogen-bond acceptors (Lipinski definition) is 1. The molecule has 0 atom stereocenters. The summed E-state index contributed by atoms with van der Waals surface area (Å²) in [7, 11) is -1.23. The van der Waals surface area contributed by atoms with Gasteiger partial charge in [-0.2, -0.15) is 0 Å². The molecule has 0 unspecified atom stereocenters. The van der Waals surface area contributed by atoms with Gasteiger partial charge in [0.2, 0.25) is 0 Å². The quantitative estimate of drug-likeness (QED) is 0.506. The van der Waals surface area contributed by atoms with Crippen LogP contribution in [0.5, 0.6) is 0 Å². The SMILES string of the molecule is CC(C)O[Si](C)(C)[CH2][Mg+].[Cl-]. The van der Waals surface area contributed by atoms with Gasteiger partial charge in [0.1, 0.15) is 0 Å². The van der Waals surface area contributed by atoms with E-state index in [1.54, 1.807) is 0 Å². The van der Waals surface area contributed by atoms with E-state index in [4.69, 9.17) is 4.43 Å². The summed E-state index contributed by atoms with van der Waals surface area (Å²) in [5, 5.41) is 0. The maximum absolute atomic E-state index is 5.73. The van der Waals surface area contributed by atoms with Gasteiger partial charge in [-0.15, -0.1) is 0 Å². The molecule has 0 amide bonds. The summed E-state index contributed by atoms with van der Waals surface area (Å²) in [5.74, 6) is 0. The summed E-state index contributed by atoms with van der Waals surface area (Å²) >= 11 is 2.02. The Bertz CT molecular complexity index is 87.8. The van der Waals surface area contributed by atoms with Gasteiger partial charge >= 0.3 is 71.7 Å². The Morgan fingerprint density at radius 2 is 1.80 bits per heavy atom. The Morgan fingerprint density at radius 1 is 1.40 bits per heavy atom. The molecule has 0 aromatic heterocycles. The minimum absolute atomic E-state index is 0. The second-order valence-corrected chi connectivity index (χ2v) is 8.93. The molecule has 58 valence electrons. The average Bonchev–Trinajstić information content (AvgIpc) is 1.63. The van der Waals surface area contributed by atoms with E-state index < -0.39 is 8.32 Å². The molecule has 0 aliphatic rings. The minimum Gasteiger partial charge on any atom is -1.00 e. The van der Waals surface area contributed by atoms with Gasteiger partial charge in [0, 0.05) is 0 Å². The van der Waals surface area contributed by atoms with Crippen LogP contribution in [0.1, 0.15) is 13.8 Å². The Kier molecular flexibility index (Phi) is 8.04. The fourth-order valence-electron chi connectivity index (χ4n) is 0.697. The summed E-state index contributed by atoms with van der Waals surface area (Å²) in [6.07, 6.45) is 0.413. The van der Waals surface area contributed by atoms with Crippen LogP contribution >= 0.6 is 0 Å². The molecule has 0 saturated heterocycles. The van der Waals surface area contributed by atoms with Gasteiger partial charge in [-0.05, 0) is 0 Å². The van der Waals surface area contributed by atoms with Crippen molar-refractivity contribution >= 4 is 30.0 Å². The molecule has 0 saturated carbocycles. The third kappa shape index (κ3) is 7.34. The monoisotopic (exact) mass is 190 g/mol. The van der Waals surface area contributed by atoms with Crippen LogP contribution in [0, 0.1) is 0 Å². The predicted molar refractivity (Wildman–Crippen MR) is 44.3 cm³/mol. The largest absolute Gasteiger partial charge is 1.00 e. The molecular weight excluding hydrogens is 176 g/mol. The number of hydrogen-bond donors (Lipinski definition) is 0. The summed E-state index contributed by atoms with van der Waals surface area (Å²) in [6.45, 7) is 8.74. The van der Waals surface area contributed by atoms with Crippen molar-refractivity contribution in [1.82, 2.24) is 0 Å². The molecule has 0 aliphatic carbocycles. The molecule has 0 N–H and O–H groups in total. The molecule has 0 fully saturated rings. The maximum Gasteiger partial charge on any atom is -1.00 e. The van der Waals surface area contributed by atoms with Crippen LogP contribution < -0.4 is 12.4 Å². The van der Waals surface area contributed by atoms with Crippen molar-refractivity contribution in [3.8, 4) is 0 Å². The number of rotatable bonds is 3. The van der Waals surface area contributed by atoms with Gasteiger partial charge in [-0.3, -0.25) is 0 Å². The Balaban J connectivity index is 0. The molecule has 0 bridgehead atoms. The first kappa shape index (κ1) is 13.8. The van der Waals surface area contributed by atoms with Crippen LogP contribution in [0.15, 0.2) is 0 Å². The first-order valence-corrected chi connectivity index (χ1v) is 7.56. The van der Waals surface area contributed by atoms with Gasteiger partial charge in [0.25, 0.3) is 0 Å². The molecule has 0 heterocycles. The fourth-order valence-corrected chi connectivity index (χ4v) is 2.44. The van der Waals surface area contributed by atoms with Crippen molar-refractivity contribution in [2.24, 2.45) is 0 Å². The van der Waals surface area contributed by atoms with E-state index in [0.717, 1.165) is 0 Å². The molecule has 0 aliphatic heterocycles. The molecule has 0 rings (SSSR count). The Labute approximate surface area is 83.9 Å². The van der Waals surface area contributed by atoms with Crippen LogP contribution in [0.2, 0.25) is 17.3 Å². The van der Waals surface area contributed by atoms with E-state index in [1.165, 1.54) is 4.17 Å². The first-order chi connectivity index (χ1) is 3.98. The van der Waals surface area contributed by atoms with E-state index in [-0.39, 0.29) is 12.4 Å². The van der Waals surface area contributed by atoms with Gasteiger partial charge in [0.15, 0.2) is 0 Å². The molecule has 4 heteroatoms. The fraction of sp³-hybridized carbons (Fsp3) is 1.00. The summed E-state index contributed by atoms with van der Waals surface area (Å²) < 4.78 is 6.97. The normalized spacial score (nSPS) is 11.5. The van der Waals surface area contributed by atoms with Crippen molar-refractivity contribution in [2.45, 2.75) is 37.2 Å². The van der Waals surface area contributed by atoms with Crippen molar-refractivity contribution in [2.75, 3.05) is 0 Å². The maximum atomic E-state index is 5.73. The summed E-state index contributed by atoms with van der Waals surface area (Å²) in [5.41, 5.74) is 0. The predicted octanol–water partition coefficient (Wildman–Crippen LogP) is -1.25. The van der Waals surface area contributed by atoms with Crippen LogP contribution in [-0.2, 0) is 4.43 Å². The molecular formula is C6H15ClMgOSi. The standard InChI is InChI=1S/C6H15OSi.ClH.Mg/c1-6(2)7-8(3,4)5;;/h6H,3H2,1-2,4-5H3;1H;/q;;+1/p-1. The van der Waals surface area contributed by atoms with Crippen molar-refractivity contribution in [1.29, 1.82) is 0 Å². The van der Waals surface area contributed by atoms with Crippen molar-refractivity contribution in [3.05, 3.63) is 0 Å². The zero-order valence-electron chi connectivity index (χ0n) is 7.28. The average molecular weight is 191 g/mol. The smallest absolute Gasteiger partial charge is 1.00 e. The van der Waals surface area contributed by atoms with Gasteiger partial charge in [-0.1, -0.05) is 0 Å². The first-order valence-electron chi connectivity index (χ1n) is 3.45. The van der Waals surface area contributed by atoms with E-state index in [0.29, 0.717) is 6.10 Å². The van der Waals surface area contributed by atoms with Gasteiger partial charge in [-0.25, -0.2) is 0 Å². The molecule has 10 heavy (non-hydrogen) atoms. The molecule has 1 nitrogen and oxygen atoms in total. The Morgan fingerprint density at radius 3 is 1.90 bits per heavy atom. The molecule has 0 spiro atoms. The second kappa shape index (κ2) is 5.83. The molecule has 0 radical (unpaired) electrons. The second-order valence-electron chi connectivity index (χ2n) is 3.18. The van der Waals surface area contributed by atoms with Gasteiger partial charge < -0.3 is 12.4 Å². The van der Waals surface area contributed by atoms with Crippen molar-refractivity contribution in [3.63, 3.8) is 0 Å². The van der Waals surface area contributed by atoms with Crippen LogP contribution in [0.4, 0.5) is 0 Å². The van der Waals surface area contributed by atoms with E-state index in [2.05, 4.69) is 26.9 Å². The van der Waals surface area contributed by atoms with E-state index in [9.17, 15) is 0 Å². The third-order valence-electron chi connectivity index (χ3n) is 1.16. The van der Waals surface area contributed by atoms with Crippen LogP contribution in [-0.4, -0.2) is 36.1 Å². The summed E-state index contributed by atoms with van der Waals surface area (Å²) in [4.78, 5) is 0. The molecule has 0 aromatic rings. The van der Waals surface area contributed by atoms with Crippen LogP contribution in [0.3, 0.4) is 0 Å². The minimum atomic E-state index is -1.23. The van der Waals surface area contributed by atoms with E-state index in [1.807, 2.05) is 21.7 Å². The zero-order valence-corrected chi connectivity index (χ0v) is 10.4. The van der Waals surface area contributed by atoms with Gasteiger partial charge in [0.05, 0.1) is 0 Å². The number of halogens is 1. The zero-order chi connectivity index (χ0) is 7.49. The third-order valence-corrected chi connectivity index (χ3v) is 7.08. The van der Waals surface area contributed by atoms with Crippen LogP contribution in [0.25, 0.3) is 0 Å². The van der Waals surface area contributed by atoms with Crippen molar-refractivity contribution < 1.29 is 16.8 Å². The topological polar surface area (TPSA) is 9.23 Å².